The number of carbonyl (C=O) groups is 1. The molecular weight excluding hydrogens is 499 g/mol. The van der Waals surface area contributed by atoms with Crippen LogP contribution in [0.1, 0.15) is 57.2 Å². The molecule has 0 radical (unpaired) electrons. The number of rotatable bonds is 6. The van der Waals surface area contributed by atoms with E-state index in [0.29, 0.717) is 5.56 Å². The zero-order valence-electron chi connectivity index (χ0n) is 18.7. The lowest BCUT2D eigenvalue weighted by Crippen LogP contribution is -2.35. The summed E-state index contributed by atoms with van der Waals surface area (Å²) in [6.07, 6.45) is -7.93. The number of aromatic nitrogens is 3. The molecule has 37 heavy (non-hydrogen) atoms. The van der Waals surface area contributed by atoms with E-state index >= 15 is 0 Å². The number of pyridine rings is 1. The second-order valence-corrected chi connectivity index (χ2v) is 8.28. The minimum absolute atomic E-state index is 0.0827. The van der Waals surface area contributed by atoms with Gasteiger partial charge in [0.2, 0.25) is 5.89 Å². The van der Waals surface area contributed by atoms with Crippen molar-refractivity contribution in [3.05, 3.63) is 101 Å². The van der Waals surface area contributed by atoms with Crippen LogP contribution in [-0.2, 0) is 12.7 Å². The van der Waals surface area contributed by atoms with Crippen molar-refractivity contribution in [3.8, 4) is 11.5 Å². The molecule has 0 fully saturated rings. The van der Waals surface area contributed by atoms with Crippen LogP contribution in [0.25, 0.3) is 11.5 Å². The summed E-state index contributed by atoms with van der Waals surface area (Å²) < 4.78 is 72.5. The maximum Gasteiger partial charge on any atom is 0.416 e. The molecule has 1 amide bonds. The molecule has 1 aliphatic heterocycles. The summed E-state index contributed by atoms with van der Waals surface area (Å²) in [5.74, 6) is -1.79. The Balaban J connectivity index is 1.57. The van der Waals surface area contributed by atoms with Crippen LogP contribution in [0.15, 0.2) is 71.3 Å². The molecule has 1 N–H and O–H groups in total. The summed E-state index contributed by atoms with van der Waals surface area (Å²) in [7, 11) is 0. The highest BCUT2D eigenvalue weighted by molar-refractivity contribution is 5.99. The van der Waals surface area contributed by atoms with Crippen LogP contribution in [0.4, 0.5) is 22.0 Å². The Morgan fingerprint density at radius 2 is 1.76 bits per heavy atom. The average molecular weight is 516 g/mol. The van der Waals surface area contributed by atoms with Crippen LogP contribution in [0.2, 0.25) is 0 Å². The standard InChI is InChI=1S/C25H17F5N4O3/c26-21(27)23-33-32-22(37-23)13-8-9-14-12-34(24(36)16(14)11-13)19(20(35)18-7-3-4-10-31-18)15-5-1-2-6-17(15)25(28,29)30/h1-11,19-21,35H,12H2. The van der Waals surface area contributed by atoms with Crippen LogP contribution >= 0.6 is 0 Å². The average Bonchev–Trinajstić information content (AvgIpc) is 3.50. The number of hydrogen-bond acceptors (Lipinski definition) is 6. The first-order valence-corrected chi connectivity index (χ1v) is 11.0. The molecule has 2 aromatic carbocycles. The van der Waals surface area contributed by atoms with E-state index in [0.717, 1.165) is 11.0 Å². The van der Waals surface area contributed by atoms with E-state index in [9.17, 15) is 31.9 Å². The molecule has 5 rings (SSSR count). The summed E-state index contributed by atoms with van der Waals surface area (Å²) in [4.78, 5) is 18.7. The molecule has 12 heteroatoms. The largest absolute Gasteiger partial charge is 0.416 e. The Morgan fingerprint density at radius 3 is 2.43 bits per heavy atom. The number of benzene rings is 2. The first-order valence-electron chi connectivity index (χ1n) is 11.0. The number of nitrogens with zero attached hydrogens (tertiary/aromatic N) is 4. The van der Waals surface area contributed by atoms with E-state index in [4.69, 9.17) is 4.42 Å². The lowest BCUT2D eigenvalue weighted by molar-refractivity contribution is -0.139. The minimum atomic E-state index is -4.75. The normalized spacial score (nSPS) is 15.2. The van der Waals surface area contributed by atoms with Gasteiger partial charge in [0.15, 0.2) is 0 Å². The molecule has 2 aromatic heterocycles. The number of aliphatic hydroxyl groups is 1. The lowest BCUT2D eigenvalue weighted by atomic mass is 9.92. The van der Waals surface area contributed by atoms with E-state index in [1.54, 1.807) is 12.1 Å². The van der Waals surface area contributed by atoms with Gasteiger partial charge in [0.25, 0.3) is 11.8 Å². The van der Waals surface area contributed by atoms with E-state index in [-0.39, 0.29) is 34.8 Å². The van der Waals surface area contributed by atoms with E-state index in [1.807, 2.05) is 0 Å². The Kier molecular flexibility index (Phi) is 6.20. The molecule has 190 valence electrons. The zero-order chi connectivity index (χ0) is 26.3. The van der Waals surface area contributed by atoms with Crippen LogP contribution in [0, 0.1) is 0 Å². The number of halogens is 5. The van der Waals surface area contributed by atoms with Crippen LogP contribution in [0.5, 0.6) is 0 Å². The Morgan fingerprint density at radius 1 is 1.00 bits per heavy atom. The predicted octanol–water partition coefficient (Wildman–Crippen LogP) is 5.52. The Hall–Kier alpha value is -4.19. The topological polar surface area (TPSA) is 92.4 Å². The molecule has 4 aromatic rings. The van der Waals surface area contributed by atoms with Crippen molar-refractivity contribution >= 4 is 5.91 Å². The summed E-state index contributed by atoms with van der Waals surface area (Å²) in [6.45, 7) is -0.110. The maximum absolute atomic E-state index is 13.9. The molecule has 0 bridgehead atoms. The van der Waals surface area contributed by atoms with Crippen molar-refractivity contribution in [2.45, 2.75) is 31.3 Å². The highest BCUT2D eigenvalue weighted by atomic mass is 19.4. The molecule has 2 atom stereocenters. The summed E-state index contributed by atoms with van der Waals surface area (Å²) >= 11 is 0. The third-order valence-corrected chi connectivity index (χ3v) is 6.03. The lowest BCUT2D eigenvalue weighted by Gasteiger charge is -2.33. The first kappa shape index (κ1) is 24.5. The van der Waals surface area contributed by atoms with Crippen molar-refractivity contribution in [1.29, 1.82) is 0 Å². The number of amides is 1. The van der Waals surface area contributed by atoms with E-state index in [2.05, 4.69) is 15.2 Å². The van der Waals surface area contributed by atoms with Gasteiger partial charge in [0.1, 0.15) is 6.10 Å². The third-order valence-electron chi connectivity index (χ3n) is 6.03. The van der Waals surface area contributed by atoms with Gasteiger partial charge in [-0.1, -0.05) is 30.3 Å². The summed E-state index contributed by atoms with van der Waals surface area (Å²) in [6, 6.07) is 12.2. The number of hydrogen-bond donors (Lipinski definition) is 1. The molecule has 3 heterocycles. The van der Waals surface area contributed by atoms with Crippen LogP contribution < -0.4 is 0 Å². The van der Waals surface area contributed by atoms with Gasteiger partial charge in [-0.25, -0.2) is 0 Å². The number of alkyl halides is 5. The second kappa shape index (κ2) is 9.36. The molecule has 0 saturated carbocycles. The third kappa shape index (κ3) is 4.55. The van der Waals surface area contributed by atoms with Crippen molar-refractivity contribution < 1.29 is 36.3 Å². The van der Waals surface area contributed by atoms with Gasteiger partial charge in [-0.2, -0.15) is 22.0 Å². The summed E-state index contributed by atoms with van der Waals surface area (Å²) in [5.41, 5.74) is -0.454. The minimum Gasteiger partial charge on any atom is -0.415 e. The number of carbonyl (C=O) groups excluding carboxylic acids is 1. The maximum atomic E-state index is 13.9. The molecule has 0 spiro atoms. The molecule has 0 saturated heterocycles. The number of fused-ring (bicyclic) bond motifs is 1. The van der Waals surface area contributed by atoms with Crippen molar-refractivity contribution in [1.82, 2.24) is 20.1 Å². The van der Waals surface area contributed by atoms with Crippen LogP contribution in [0.3, 0.4) is 0 Å². The highest BCUT2D eigenvalue weighted by Crippen LogP contribution is 2.44. The van der Waals surface area contributed by atoms with Gasteiger partial charge < -0.3 is 14.4 Å². The molecule has 0 aliphatic carbocycles. The van der Waals surface area contributed by atoms with Crippen molar-refractivity contribution in [2.24, 2.45) is 0 Å². The first-order chi connectivity index (χ1) is 17.6. The zero-order valence-corrected chi connectivity index (χ0v) is 18.7. The second-order valence-electron chi connectivity index (χ2n) is 8.28. The smallest absolute Gasteiger partial charge is 0.415 e. The van der Waals surface area contributed by atoms with Gasteiger partial charge in [-0.3, -0.25) is 9.78 Å². The molecule has 2 unspecified atom stereocenters. The van der Waals surface area contributed by atoms with E-state index in [1.165, 1.54) is 48.7 Å². The van der Waals surface area contributed by atoms with Gasteiger partial charge in [0, 0.05) is 23.9 Å². The molecular formula is C25H17F5N4O3. The summed E-state index contributed by atoms with van der Waals surface area (Å²) in [5, 5.41) is 18.1. The van der Waals surface area contributed by atoms with Gasteiger partial charge in [0.05, 0.1) is 17.3 Å². The SMILES string of the molecule is O=C1c2cc(-c3nnc(C(F)F)o3)ccc2CN1C(c1ccccc1C(F)(F)F)C(O)c1ccccn1. The molecule has 1 aliphatic rings. The highest BCUT2D eigenvalue weighted by Gasteiger charge is 2.43. The fourth-order valence-corrected chi connectivity index (χ4v) is 4.35. The van der Waals surface area contributed by atoms with Crippen molar-refractivity contribution in [3.63, 3.8) is 0 Å². The van der Waals surface area contributed by atoms with Gasteiger partial charge in [-0.15, -0.1) is 10.2 Å². The number of aliphatic hydroxyl groups excluding tert-OH is 1. The molecule has 7 nitrogen and oxygen atoms in total. The fraction of sp³-hybridized carbons (Fsp3) is 0.200. The Labute approximate surface area is 206 Å². The van der Waals surface area contributed by atoms with Gasteiger partial charge >= 0.3 is 12.6 Å². The monoisotopic (exact) mass is 516 g/mol. The quantitative estimate of drug-likeness (QED) is 0.340. The predicted molar refractivity (Wildman–Crippen MR) is 118 cm³/mol. The van der Waals surface area contributed by atoms with E-state index < -0.39 is 42.1 Å². The fourth-order valence-electron chi connectivity index (χ4n) is 4.35. The van der Waals surface area contributed by atoms with Crippen molar-refractivity contribution in [2.75, 3.05) is 0 Å². The Bertz CT molecular complexity index is 1440. The van der Waals surface area contributed by atoms with Crippen LogP contribution in [-0.4, -0.2) is 31.1 Å². The van der Waals surface area contributed by atoms with Gasteiger partial charge in [-0.05, 0) is 41.5 Å².